The van der Waals surface area contributed by atoms with Gasteiger partial charge in [-0.2, -0.15) is 0 Å². The number of hydrogen-bond donors (Lipinski definition) is 1. The maximum absolute atomic E-state index is 13.3. The van der Waals surface area contributed by atoms with Crippen molar-refractivity contribution in [2.45, 2.75) is 13.5 Å². The van der Waals surface area contributed by atoms with Gasteiger partial charge in [-0.05, 0) is 38.2 Å². The summed E-state index contributed by atoms with van der Waals surface area (Å²) in [6.07, 6.45) is 1.86. The van der Waals surface area contributed by atoms with Gasteiger partial charge < -0.3 is 10.2 Å². The van der Waals surface area contributed by atoms with Gasteiger partial charge in [-0.3, -0.25) is 4.98 Å². The summed E-state index contributed by atoms with van der Waals surface area (Å²) in [7, 11) is 3.83. The lowest BCUT2D eigenvalue weighted by atomic mass is 10.1. The van der Waals surface area contributed by atoms with Crippen LogP contribution in [-0.2, 0) is 6.54 Å². The third kappa shape index (κ3) is 3.09. The fraction of sp³-hybridized carbons (Fsp3) is 0.267. The van der Waals surface area contributed by atoms with Crippen molar-refractivity contribution in [2.24, 2.45) is 0 Å². The van der Waals surface area contributed by atoms with Gasteiger partial charge in [0, 0.05) is 42.4 Å². The van der Waals surface area contributed by atoms with E-state index in [-0.39, 0.29) is 5.82 Å². The number of aromatic nitrogens is 1. The molecule has 0 fully saturated rings. The summed E-state index contributed by atoms with van der Waals surface area (Å²) in [5, 5.41) is 3.12. The van der Waals surface area contributed by atoms with E-state index in [1.165, 1.54) is 12.1 Å². The van der Waals surface area contributed by atoms with Gasteiger partial charge in [-0.25, -0.2) is 4.39 Å². The van der Waals surface area contributed by atoms with E-state index in [2.05, 4.69) is 10.3 Å². The molecule has 19 heavy (non-hydrogen) atoms. The van der Waals surface area contributed by atoms with Gasteiger partial charge in [0.15, 0.2) is 0 Å². The van der Waals surface area contributed by atoms with E-state index in [4.69, 9.17) is 0 Å². The molecule has 0 radical (unpaired) electrons. The second-order valence-electron chi connectivity index (χ2n) is 4.52. The van der Waals surface area contributed by atoms with Crippen molar-refractivity contribution in [3.05, 3.63) is 53.6 Å². The minimum Gasteiger partial charge on any atom is -0.344 e. The molecule has 0 saturated carbocycles. The molecule has 1 aromatic heterocycles. The normalized spacial score (nSPS) is 10.5. The number of rotatable bonds is 4. The standard InChI is InChI=1S/C15H18FN3/c1-11-7-15(12(9-17-2)10-18-11)19(3)14-6-4-5-13(16)8-14/h4-8,10,17H,9H2,1-3H3. The second kappa shape index (κ2) is 5.80. The van der Waals surface area contributed by atoms with Crippen LogP contribution in [0.15, 0.2) is 36.5 Å². The van der Waals surface area contributed by atoms with Crippen LogP contribution >= 0.6 is 0 Å². The zero-order chi connectivity index (χ0) is 13.8. The van der Waals surface area contributed by atoms with Crippen molar-refractivity contribution in [3.63, 3.8) is 0 Å². The lowest BCUT2D eigenvalue weighted by Gasteiger charge is -2.23. The molecule has 2 rings (SSSR count). The lowest BCUT2D eigenvalue weighted by molar-refractivity contribution is 0.628. The quantitative estimate of drug-likeness (QED) is 0.914. The largest absolute Gasteiger partial charge is 0.344 e. The zero-order valence-electron chi connectivity index (χ0n) is 11.4. The van der Waals surface area contributed by atoms with Crippen LogP contribution in [0.4, 0.5) is 15.8 Å². The molecule has 2 aromatic rings. The van der Waals surface area contributed by atoms with E-state index >= 15 is 0 Å². The first kappa shape index (κ1) is 13.5. The van der Waals surface area contributed by atoms with Gasteiger partial charge in [0.05, 0.1) is 0 Å². The first-order valence-electron chi connectivity index (χ1n) is 6.21. The summed E-state index contributed by atoms with van der Waals surface area (Å²) in [6, 6.07) is 8.59. The highest BCUT2D eigenvalue weighted by atomic mass is 19.1. The SMILES string of the molecule is CNCc1cnc(C)cc1N(C)c1cccc(F)c1. The van der Waals surface area contributed by atoms with Gasteiger partial charge in [0.25, 0.3) is 0 Å². The lowest BCUT2D eigenvalue weighted by Crippen LogP contribution is -2.15. The highest BCUT2D eigenvalue weighted by molar-refractivity contribution is 5.65. The van der Waals surface area contributed by atoms with Crippen LogP contribution in [0.3, 0.4) is 0 Å². The molecule has 4 heteroatoms. The molecule has 0 spiro atoms. The van der Waals surface area contributed by atoms with Gasteiger partial charge in [0.1, 0.15) is 5.82 Å². The summed E-state index contributed by atoms with van der Waals surface area (Å²) < 4.78 is 13.3. The van der Waals surface area contributed by atoms with Gasteiger partial charge >= 0.3 is 0 Å². The van der Waals surface area contributed by atoms with Gasteiger partial charge in [0.2, 0.25) is 0 Å². The van der Waals surface area contributed by atoms with Crippen molar-refractivity contribution in [3.8, 4) is 0 Å². The third-order valence-electron chi connectivity index (χ3n) is 3.02. The first-order valence-corrected chi connectivity index (χ1v) is 6.21. The van der Waals surface area contributed by atoms with Crippen molar-refractivity contribution < 1.29 is 4.39 Å². The van der Waals surface area contributed by atoms with Crippen LogP contribution < -0.4 is 10.2 Å². The van der Waals surface area contributed by atoms with Gasteiger partial charge in [-0.15, -0.1) is 0 Å². The number of aryl methyl sites for hydroxylation is 1. The highest BCUT2D eigenvalue weighted by Gasteiger charge is 2.10. The van der Waals surface area contributed by atoms with Crippen LogP contribution in [0.1, 0.15) is 11.3 Å². The minimum absolute atomic E-state index is 0.231. The predicted molar refractivity (Wildman–Crippen MR) is 76.2 cm³/mol. The van der Waals surface area contributed by atoms with E-state index < -0.39 is 0 Å². The average molecular weight is 259 g/mol. The fourth-order valence-electron chi connectivity index (χ4n) is 2.04. The van der Waals surface area contributed by atoms with Crippen LogP contribution in [0.2, 0.25) is 0 Å². The zero-order valence-corrected chi connectivity index (χ0v) is 11.4. The Labute approximate surface area is 113 Å². The van der Waals surface area contributed by atoms with Crippen LogP contribution in [0.5, 0.6) is 0 Å². The molecule has 0 aliphatic carbocycles. The summed E-state index contributed by atoms with van der Waals surface area (Å²) >= 11 is 0. The van der Waals surface area contributed by atoms with Crippen LogP contribution in [-0.4, -0.2) is 19.1 Å². The molecule has 0 saturated heterocycles. The van der Waals surface area contributed by atoms with E-state index in [0.29, 0.717) is 0 Å². The first-order chi connectivity index (χ1) is 9.11. The summed E-state index contributed by atoms with van der Waals surface area (Å²) in [5.74, 6) is -0.231. The van der Waals surface area contributed by atoms with Gasteiger partial charge in [-0.1, -0.05) is 6.07 Å². The molecule has 0 amide bonds. The molecule has 100 valence electrons. The Morgan fingerprint density at radius 3 is 2.79 bits per heavy atom. The monoisotopic (exact) mass is 259 g/mol. The molecule has 0 bridgehead atoms. The summed E-state index contributed by atoms with van der Waals surface area (Å²) in [4.78, 5) is 6.29. The van der Waals surface area contributed by atoms with Crippen LogP contribution in [0, 0.1) is 12.7 Å². The number of benzene rings is 1. The van der Waals surface area contributed by atoms with Crippen molar-refractivity contribution in [2.75, 3.05) is 19.0 Å². The maximum Gasteiger partial charge on any atom is 0.125 e. The average Bonchev–Trinajstić information content (AvgIpc) is 2.40. The number of halogens is 1. The Kier molecular flexibility index (Phi) is 4.12. The number of nitrogens with zero attached hydrogens (tertiary/aromatic N) is 2. The van der Waals surface area contributed by atoms with Crippen LogP contribution in [0.25, 0.3) is 0 Å². The molecule has 1 heterocycles. The van der Waals surface area contributed by atoms with E-state index in [9.17, 15) is 4.39 Å². The molecule has 1 N–H and O–H groups in total. The Bertz CT molecular complexity index is 569. The molecule has 1 aromatic carbocycles. The smallest absolute Gasteiger partial charge is 0.125 e. The topological polar surface area (TPSA) is 28.2 Å². The summed E-state index contributed by atoms with van der Waals surface area (Å²) in [5.41, 5.74) is 3.88. The predicted octanol–water partition coefficient (Wildman–Crippen LogP) is 3.02. The third-order valence-corrected chi connectivity index (χ3v) is 3.02. The molecule has 3 nitrogen and oxygen atoms in total. The Morgan fingerprint density at radius 2 is 2.11 bits per heavy atom. The van der Waals surface area contributed by atoms with Crippen molar-refractivity contribution in [1.29, 1.82) is 0 Å². The Hall–Kier alpha value is -1.94. The number of nitrogens with one attached hydrogen (secondary N) is 1. The van der Waals surface area contributed by atoms with E-state index in [1.807, 2.05) is 44.2 Å². The number of hydrogen-bond acceptors (Lipinski definition) is 3. The second-order valence-corrected chi connectivity index (χ2v) is 4.52. The minimum atomic E-state index is -0.231. The fourth-order valence-corrected chi connectivity index (χ4v) is 2.04. The van der Waals surface area contributed by atoms with Crippen molar-refractivity contribution in [1.82, 2.24) is 10.3 Å². The van der Waals surface area contributed by atoms with E-state index in [1.54, 1.807) is 6.07 Å². The maximum atomic E-state index is 13.3. The Morgan fingerprint density at radius 1 is 1.32 bits per heavy atom. The molecule has 0 atom stereocenters. The summed E-state index contributed by atoms with van der Waals surface area (Å²) in [6.45, 7) is 2.67. The molecule has 0 aliphatic heterocycles. The molecule has 0 aliphatic rings. The number of pyridine rings is 1. The Balaban J connectivity index is 2.42. The molecular formula is C15H18FN3. The van der Waals surface area contributed by atoms with E-state index in [0.717, 1.165) is 29.2 Å². The van der Waals surface area contributed by atoms with Crippen molar-refractivity contribution >= 4 is 11.4 Å². The molecule has 0 unspecified atom stereocenters. The highest BCUT2D eigenvalue weighted by Crippen LogP contribution is 2.27. The number of anilines is 2. The molecular weight excluding hydrogens is 241 g/mol.